The van der Waals surface area contributed by atoms with E-state index in [1.165, 1.54) is 46.5 Å². The lowest BCUT2D eigenvalue weighted by molar-refractivity contribution is -0.137. The molecule has 7 nitrogen and oxygen atoms in total. The van der Waals surface area contributed by atoms with Gasteiger partial charge in [-0.3, -0.25) is 9.13 Å². The van der Waals surface area contributed by atoms with Crippen molar-refractivity contribution in [2.45, 2.75) is 11.1 Å². The van der Waals surface area contributed by atoms with E-state index in [2.05, 4.69) is 4.72 Å². The summed E-state index contributed by atoms with van der Waals surface area (Å²) < 4.78 is 74.5. The van der Waals surface area contributed by atoms with Gasteiger partial charge in [-0.15, -0.1) is 0 Å². The van der Waals surface area contributed by atoms with Gasteiger partial charge in [0, 0.05) is 19.7 Å². The highest BCUT2D eigenvalue weighted by atomic mass is 32.2. The van der Waals surface area contributed by atoms with Crippen LogP contribution < -0.4 is 15.1 Å². The standard InChI is InChI=1S/C23H20F3N3O4S/c1-27-34(31,32)17-9-11-21(33-16-7-5-15(6-8-16)23(24,25)26)18(13-17)14-4-10-19-20(12-14)29(3)22(30)28(19)2/h4-13,27H,1-3H3. The molecule has 0 spiro atoms. The van der Waals surface area contributed by atoms with Gasteiger partial charge < -0.3 is 4.74 Å². The minimum absolute atomic E-state index is 0.0215. The zero-order valence-electron chi connectivity index (χ0n) is 18.3. The van der Waals surface area contributed by atoms with Crippen LogP contribution in [-0.2, 0) is 30.3 Å². The van der Waals surface area contributed by atoms with Crippen LogP contribution in [0.1, 0.15) is 5.56 Å². The summed E-state index contributed by atoms with van der Waals surface area (Å²) in [5, 5.41) is 0. The number of ether oxygens (including phenoxy) is 1. The maximum atomic E-state index is 12.9. The smallest absolute Gasteiger partial charge is 0.416 e. The fourth-order valence-electron chi connectivity index (χ4n) is 3.62. The predicted molar refractivity (Wildman–Crippen MR) is 121 cm³/mol. The summed E-state index contributed by atoms with van der Waals surface area (Å²) >= 11 is 0. The monoisotopic (exact) mass is 491 g/mol. The molecule has 0 fully saturated rings. The van der Waals surface area contributed by atoms with E-state index < -0.39 is 21.8 Å². The Hall–Kier alpha value is -3.57. The lowest BCUT2D eigenvalue weighted by Crippen LogP contribution is -2.19. The molecule has 11 heteroatoms. The lowest BCUT2D eigenvalue weighted by atomic mass is 10.0. The number of sulfonamides is 1. The molecular weight excluding hydrogens is 471 g/mol. The topological polar surface area (TPSA) is 82.3 Å². The Morgan fingerprint density at radius 3 is 2.15 bits per heavy atom. The first-order valence-corrected chi connectivity index (χ1v) is 11.5. The number of rotatable bonds is 5. The molecule has 3 aromatic carbocycles. The van der Waals surface area contributed by atoms with Gasteiger partial charge in [-0.05, 0) is 67.2 Å². The number of nitrogens with one attached hydrogen (secondary N) is 1. The van der Waals surface area contributed by atoms with E-state index in [0.717, 1.165) is 12.1 Å². The summed E-state index contributed by atoms with van der Waals surface area (Å²) in [7, 11) is 0.765. The number of halogens is 3. The van der Waals surface area contributed by atoms with Crippen molar-refractivity contribution in [3.63, 3.8) is 0 Å². The molecule has 1 N–H and O–H groups in total. The van der Waals surface area contributed by atoms with Crippen molar-refractivity contribution in [1.29, 1.82) is 0 Å². The molecule has 0 aliphatic rings. The second kappa shape index (κ2) is 8.33. The van der Waals surface area contributed by atoms with Gasteiger partial charge in [0.1, 0.15) is 11.5 Å². The average Bonchev–Trinajstić information content (AvgIpc) is 3.02. The van der Waals surface area contributed by atoms with Gasteiger partial charge >= 0.3 is 11.9 Å². The molecule has 34 heavy (non-hydrogen) atoms. The second-order valence-corrected chi connectivity index (χ2v) is 9.48. The van der Waals surface area contributed by atoms with Crippen LogP contribution in [0.2, 0.25) is 0 Å². The van der Waals surface area contributed by atoms with Gasteiger partial charge in [-0.2, -0.15) is 13.2 Å². The Labute approximate surface area is 193 Å². The largest absolute Gasteiger partial charge is 0.457 e. The van der Waals surface area contributed by atoms with Gasteiger partial charge in [0.05, 0.1) is 21.5 Å². The van der Waals surface area contributed by atoms with Crippen LogP contribution in [0.3, 0.4) is 0 Å². The number of hydrogen-bond donors (Lipinski definition) is 1. The van der Waals surface area contributed by atoms with Crippen LogP contribution in [0.25, 0.3) is 22.2 Å². The minimum atomic E-state index is -4.48. The number of hydrogen-bond acceptors (Lipinski definition) is 4. The van der Waals surface area contributed by atoms with Crippen molar-refractivity contribution in [3.8, 4) is 22.6 Å². The third kappa shape index (κ3) is 4.19. The molecule has 178 valence electrons. The highest BCUT2D eigenvalue weighted by molar-refractivity contribution is 7.89. The number of imidazole rings is 1. The molecule has 0 radical (unpaired) electrons. The summed E-state index contributed by atoms with van der Waals surface area (Å²) in [5.74, 6) is 0.377. The van der Waals surface area contributed by atoms with Crippen LogP contribution >= 0.6 is 0 Å². The van der Waals surface area contributed by atoms with Crippen molar-refractivity contribution in [1.82, 2.24) is 13.9 Å². The molecule has 0 saturated carbocycles. The molecule has 4 aromatic rings. The Balaban J connectivity index is 1.86. The zero-order valence-corrected chi connectivity index (χ0v) is 19.2. The number of aromatic nitrogens is 2. The van der Waals surface area contributed by atoms with E-state index in [-0.39, 0.29) is 22.1 Å². The maximum absolute atomic E-state index is 12.9. The number of nitrogens with zero attached hydrogens (tertiary/aromatic N) is 2. The Morgan fingerprint density at radius 1 is 0.882 bits per heavy atom. The van der Waals surface area contributed by atoms with Gasteiger partial charge in [-0.25, -0.2) is 17.9 Å². The van der Waals surface area contributed by atoms with E-state index in [4.69, 9.17) is 4.74 Å². The molecule has 0 saturated heterocycles. The first-order chi connectivity index (χ1) is 15.9. The van der Waals surface area contributed by atoms with E-state index in [1.807, 2.05) is 0 Å². The quantitative estimate of drug-likeness (QED) is 0.452. The molecule has 0 atom stereocenters. The van der Waals surface area contributed by atoms with Crippen molar-refractivity contribution in [2.24, 2.45) is 14.1 Å². The third-order valence-corrected chi connectivity index (χ3v) is 6.93. The second-order valence-electron chi connectivity index (χ2n) is 7.59. The zero-order chi connectivity index (χ0) is 24.8. The van der Waals surface area contributed by atoms with Gasteiger partial charge in [-0.1, -0.05) is 6.07 Å². The molecule has 0 aliphatic carbocycles. The predicted octanol–water partition coefficient (Wildman–Crippen LogP) is 4.26. The van der Waals surface area contributed by atoms with E-state index in [9.17, 15) is 26.4 Å². The summed E-state index contributed by atoms with van der Waals surface area (Å²) in [5.41, 5.74) is 1.21. The molecule has 1 aromatic heterocycles. The number of alkyl halides is 3. The van der Waals surface area contributed by atoms with E-state index in [1.54, 1.807) is 32.3 Å². The van der Waals surface area contributed by atoms with Gasteiger partial charge in [0.2, 0.25) is 10.0 Å². The van der Waals surface area contributed by atoms with Crippen LogP contribution in [0, 0.1) is 0 Å². The molecular formula is C23H20F3N3O4S. The average molecular weight is 491 g/mol. The Bertz CT molecular complexity index is 1550. The number of fused-ring (bicyclic) bond motifs is 1. The van der Waals surface area contributed by atoms with E-state index in [0.29, 0.717) is 22.2 Å². The Morgan fingerprint density at radius 2 is 1.53 bits per heavy atom. The molecule has 0 bridgehead atoms. The summed E-state index contributed by atoms with van der Waals surface area (Å²) in [6.07, 6.45) is -4.48. The fourth-order valence-corrected chi connectivity index (χ4v) is 4.38. The van der Waals surface area contributed by atoms with Crippen LogP contribution in [-0.4, -0.2) is 24.6 Å². The maximum Gasteiger partial charge on any atom is 0.416 e. The fraction of sp³-hybridized carbons (Fsp3) is 0.174. The molecule has 0 amide bonds. The first kappa shape index (κ1) is 23.6. The highest BCUT2D eigenvalue weighted by Gasteiger charge is 2.30. The number of aryl methyl sites for hydroxylation is 2. The van der Waals surface area contributed by atoms with E-state index >= 15 is 0 Å². The normalized spacial score (nSPS) is 12.3. The molecule has 4 rings (SSSR count). The summed E-state index contributed by atoms with van der Waals surface area (Å²) in [4.78, 5) is 12.3. The minimum Gasteiger partial charge on any atom is -0.457 e. The van der Waals surface area contributed by atoms with Gasteiger partial charge in [0.15, 0.2) is 0 Å². The Kier molecular flexibility index (Phi) is 5.78. The lowest BCUT2D eigenvalue weighted by Gasteiger charge is -2.14. The SMILES string of the molecule is CNS(=O)(=O)c1ccc(Oc2ccc(C(F)(F)F)cc2)c(-c2ccc3c(c2)n(C)c(=O)n3C)c1. The van der Waals surface area contributed by atoms with Crippen molar-refractivity contribution in [2.75, 3.05) is 7.05 Å². The third-order valence-electron chi connectivity index (χ3n) is 5.52. The van der Waals surface area contributed by atoms with Gasteiger partial charge in [0.25, 0.3) is 0 Å². The summed E-state index contributed by atoms with van der Waals surface area (Å²) in [6, 6.07) is 13.5. The van der Waals surface area contributed by atoms with Crippen LogP contribution in [0.5, 0.6) is 11.5 Å². The van der Waals surface area contributed by atoms with Crippen molar-refractivity contribution >= 4 is 21.1 Å². The molecule has 0 unspecified atom stereocenters. The van der Waals surface area contributed by atoms with Crippen molar-refractivity contribution < 1.29 is 26.3 Å². The molecule has 0 aliphatic heterocycles. The van der Waals surface area contributed by atoms with Crippen molar-refractivity contribution in [3.05, 3.63) is 76.7 Å². The van der Waals surface area contributed by atoms with Crippen LogP contribution in [0.15, 0.2) is 70.4 Å². The molecule has 1 heterocycles. The first-order valence-electron chi connectivity index (χ1n) is 10.0. The van der Waals surface area contributed by atoms with Crippen LogP contribution in [0.4, 0.5) is 13.2 Å². The number of benzene rings is 3. The summed E-state index contributed by atoms with van der Waals surface area (Å²) in [6.45, 7) is 0. The highest BCUT2D eigenvalue weighted by Crippen LogP contribution is 2.37.